The van der Waals surface area contributed by atoms with E-state index in [9.17, 15) is 14.7 Å². The molecule has 3 aliphatic rings. The molecule has 1 N–H and O–H groups in total. The van der Waals surface area contributed by atoms with Gasteiger partial charge < -0.3 is 24.7 Å². The number of hydrogen-bond donors (Lipinski definition) is 1. The van der Waals surface area contributed by atoms with Crippen molar-refractivity contribution in [1.82, 2.24) is 34.4 Å². The van der Waals surface area contributed by atoms with Crippen LogP contribution in [-0.4, -0.2) is 116 Å². The molecule has 0 spiro atoms. The first kappa shape index (κ1) is 23.6. The van der Waals surface area contributed by atoms with Crippen LogP contribution in [0.15, 0.2) is 30.6 Å². The third-order valence-corrected chi connectivity index (χ3v) is 7.15. The molecule has 3 aliphatic heterocycles. The van der Waals surface area contributed by atoms with Crippen molar-refractivity contribution in [2.75, 3.05) is 63.8 Å². The van der Waals surface area contributed by atoms with Crippen LogP contribution >= 0.6 is 0 Å². The lowest BCUT2D eigenvalue weighted by atomic mass is 10.2. The molecule has 0 saturated carbocycles. The monoisotopic (exact) mass is 482 g/mol. The second-order valence-corrected chi connectivity index (χ2v) is 9.59. The fourth-order valence-corrected chi connectivity index (χ4v) is 5.13. The Balaban J connectivity index is 1.08. The zero-order valence-corrected chi connectivity index (χ0v) is 20.3. The number of piperazine rings is 1. The van der Waals surface area contributed by atoms with E-state index in [2.05, 4.69) is 19.9 Å². The number of rotatable bonds is 7. The van der Waals surface area contributed by atoms with Crippen molar-refractivity contribution >= 4 is 17.6 Å². The van der Waals surface area contributed by atoms with Crippen LogP contribution in [0.4, 0.5) is 10.5 Å². The average Bonchev–Trinajstić information content (AvgIpc) is 3.46. The third-order valence-electron chi connectivity index (χ3n) is 7.15. The number of carbonyl (C=O) groups excluding carboxylic acids is 2. The predicted molar refractivity (Wildman–Crippen MR) is 130 cm³/mol. The molecule has 1 atom stereocenters. The summed E-state index contributed by atoms with van der Waals surface area (Å²) in [7, 11) is 0. The molecule has 5 heterocycles. The zero-order chi connectivity index (χ0) is 24.4. The van der Waals surface area contributed by atoms with Crippen molar-refractivity contribution in [1.29, 1.82) is 0 Å². The minimum absolute atomic E-state index is 0.0491. The fourth-order valence-electron chi connectivity index (χ4n) is 5.13. The Hall–Kier alpha value is -3.18. The van der Waals surface area contributed by atoms with Gasteiger partial charge in [0, 0.05) is 78.6 Å². The second kappa shape index (κ2) is 10.2. The average molecular weight is 483 g/mol. The van der Waals surface area contributed by atoms with Crippen LogP contribution in [0.2, 0.25) is 0 Å². The van der Waals surface area contributed by atoms with Gasteiger partial charge in [0.2, 0.25) is 5.91 Å². The molecule has 3 amide bonds. The normalized spacial score (nSPS) is 19.9. The van der Waals surface area contributed by atoms with Gasteiger partial charge in [-0.05, 0) is 18.2 Å². The molecule has 0 aliphatic carbocycles. The molecule has 11 nitrogen and oxygen atoms in total. The molecule has 2 aromatic heterocycles. The number of aliphatic hydroxyl groups is 1. The van der Waals surface area contributed by atoms with Crippen LogP contribution in [-0.2, 0) is 24.4 Å². The van der Waals surface area contributed by atoms with Gasteiger partial charge in [0.1, 0.15) is 0 Å². The summed E-state index contributed by atoms with van der Waals surface area (Å²) >= 11 is 0. The first-order chi connectivity index (χ1) is 17.0. The predicted octanol–water partition coefficient (Wildman–Crippen LogP) is 0.0609. The second-order valence-electron chi connectivity index (χ2n) is 9.59. The Kier molecular flexibility index (Phi) is 6.87. The van der Waals surface area contributed by atoms with Gasteiger partial charge in [-0.25, -0.2) is 4.79 Å². The van der Waals surface area contributed by atoms with E-state index < -0.39 is 6.10 Å². The van der Waals surface area contributed by atoms with Crippen LogP contribution < -0.4 is 4.90 Å². The number of fused-ring (bicyclic) bond motifs is 1. The number of hydrogen-bond acceptors (Lipinski definition) is 7. The lowest BCUT2D eigenvalue weighted by Crippen LogP contribution is -2.48. The van der Waals surface area contributed by atoms with E-state index in [1.165, 1.54) is 0 Å². The SMILES string of the molecule is CC(=O)N1CCN(c2ccc(CN3CCN(CC(O)CN4CCn5nccc5C4)C3=O)nc2)CC1. The highest BCUT2D eigenvalue weighted by Gasteiger charge is 2.31. The first-order valence-electron chi connectivity index (χ1n) is 12.4. The quantitative estimate of drug-likeness (QED) is 0.596. The molecule has 11 heteroatoms. The molecule has 2 aromatic rings. The summed E-state index contributed by atoms with van der Waals surface area (Å²) in [6, 6.07) is 5.97. The summed E-state index contributed by atoms with van der Waals surface area (Å²) in [5, 5.41) is 14.9. The van der Waals surface area contributed by atoms with Crippen LogP contribution in [0.1, 0.15) is 18.3 Å². The Morgan fingerprint density at radius 2 is 1.80 bits per heavy atom. The van der Waals surface area contributed by atoms with E-state index in [0.29, 0.717) is 32.7 Å². The van der Waals surface area contributed by atoms with E-state index in [1.54, 1.807) is 16.7 Å². The van der Waals surface area contributed by atoms with Gasteiger partial charge in [0.05, 0.1) is 42.5 Å². The maximum absolute atomic E-state index is 12.9. The van der Waals surface area contributed by atoms with E-state index in [-0.39, 0.29) is 11.9 Å². The summed E-state index contributed by atoms with van der Waals surface area (Å²) in [4.78, 5) is 38.9. The van der Waals surface area contributed by atoms with Gasteiger partial charge in [-0.15, -0.1) is 0 Å². The maximum Gasteiger partial charge on any atom is 0.320 e. The lowest BCUT2D eigenvalue weighted by Gasteiger charge is -2.35. The summed E-state index contributed by atoms with van der Waals surface area (Å²) < 4.78 is 2.00. The van der Waals surface area contributed by atoms with E-state index >= 15 is 0 Å². The minimum atomic E-state index is -0.589. The zero-order valence-electron chi connectivity index (χ0n) is 20.3. The summed E-state index contributed by atoms with van der Waals surface area (Å²) in [6.45, 7) is 9.67. The van der Waals surface area contributed by atoms with E-state index in [1.807, 2.05) is 40.2 Å². The highest BCUT2D eigenvalue weighted by atomic mass is 16.3. The van der Waals surface area contributed by atoms with Crippen LogP contribution in [0, 0.1) is 0 Å². The summed E-state index contributed by atoms with van der Waals surface area (Å²) in [5.74, 6) is 0.120. The molecule has 35 heavy (non-hydrogen) atoms. The van der Waals surface area contributed by atoms with Crippen molar-refractivity contribution in [3.63, 3.8) is 0 Å². The van der Waals surface area contributed by atoms with Crippen molar-refractivity contribution in [3.8, 4) is 0 Å². The molecule has 2 saturated heterocycles. The van der Waals surface area contributed by atoms with Crippen LogP contribution in [0.25, 0.3) is 0 Å². The highest BCUT2D eigenvalue weighted by Crippen LogP contribution is 2.19. The third kappa shape index (κ3) is 5.40. The fraction of sp³-hybridized carbons (Fsp3) is 0.583. The van der Waals surface area contributed by atoms with Gasteiger partial charge in [0.25, 0.3) is 0 Å². The van der Waals surface area contributed by atoms with Crippen molar-refractivity contribution in [3.05, 3.63) is 42.0 Å². The molecule has 0 radical (unpaired) electrons. The maximum atomic E-state index is 12.9. The number of amides is 3. The molecule has 5 rings (SSSR count). The topological polar surface area (TPSA) is 101 Å². The smallest absolute Gasteiger partial charge is 0.320 e. The number of carbonyl (C=O) groups is 2. The number of β-amino-alcohol motifs (C(OH)–C–C–N with tert-alkyl or cyclic N) is 1. The summed E-state index contributed by atoms with van der Waals surface area (Å²) in [6.07, 6.45) is 3.08. The molecular formula is C24H34N8O3. The van der Waals surface area contributed by atoms with E-state index in [0.717, 1.165) is 62.9 Å². The standard InChI is InChI=1S/C24H34N8O3/c1-19(33)28-7-9-29(10-8-28)21-3-2-20(25-14-21)15-30-11-12-31(24(30)35)18-23(34)17-27-6-13-32-22(16-27)4-5-26-32/h2-5,14,23,34H,6-13,15-18H2,1H3. The molecule has 0 bridgehead atoms. The molecule has 1 unspecified atom stereocenters. The molecular weight excluding hydrogens is 448 g/mol. The lowest BCUT2D eigenvalue weighted by molar-refractivity contribution is -0.129. The number of aliphatic hydroxyl groups excluding tert-OH is 1. The Morgan fingerprint density at radius 3 is 2.54 bits per heavy atom. The van der Waals surface area contributed by atoms with Gasteiger partial charge in [-0.3, -0.25) is 19.4 Å². The number of pyridine rings is 1. The molecule has 2 fully saturated rings. The van der Waals surface area contributed by atoms with Gasteiger partial charge in [0.15, 0.2) is 0 Å². The van der Waals surface area contributed by atoms with Gasteiger partial charge >= 0.3 is 6.03 Å². The van der Waals surface area contributed by atoms with Crippen molar-refractivity contribution < 1.29 is 14.7 Å². The van der Waals surface area contributed by atoms with Gasteiger partial charge in [-0.2, -0.15) is 5.10 Å². The highest BCUT2D eigenvalue weighted by molar-refractivity contribution is 5.76. The van der Waals surface area contributed by atoms with Gasteiger partial charge in [-0.1, -0.05) is 0 Å². The largest absolute Gasteiger partial charge is 0.390 e. The number of nitrogens with zero attached hydrogens (tertiary/aromatic N) is 8. The van der Waals surface area contributed by atoms with Crippen LogP contribution in [0.5, 0.6) is 0 Å². The van der Waals surface area contributed by atoms with Crippen LogP contribution in [0.3, 0.4) is 0 Å². The Bertz CT molecular complexity index is 1030. The molecule has 188 valence electrons. The van der Waals surface area contributed by atoms with Crippen molar-refractivity contribution in [2.45, 2.75) is 32.7 Å². The number of urea groups is 1. The number of anilines is 1. The molecule has 0 aromatic carbocycles. The Labute approximate surface area is 205 Å². The minimum Gasteiger partial charge on any atom is -0.390 e. The van der Waals surface area contributed by atoms with E-state index in [4.69, 9.17) is 0 Å². The van der Waals surface area contributed by atoms with Crippen molar-refractivity contribution in [2.24, 2.45) is 0 Å². The first-order valence-corrected chi connectivity index (χ1v) is 12.4. The summed E-state index contributed by atoms with van der Waals surface area (Å²) in [5.41, 5.74) is 3.04. The Morgan fingerprint density at radius 1 is 1.00 bits per heavy atom. The number of aromatic nitrogens is 3.